The van der Waals surface area contributed by atoms with Crippen LogP contribution < -0.4 is 10.6 Å². The van der Waals surface area contributed by atoms with E-state index < -0.39 is 17.1 Å². The van der Waals surface area contributed by atoms with Gasteiger partial charge in [-0.2, -0.15) is 0 Å². The van der Waals surface area contributed by atoms with Gasteiger partial charge in [-0.25, -0.2) is 4.98 Å². The van der Waals surface area contributed by atoms with Gasteiger partial charge in [-0.15, -0.1) is 0 Å². The number of amides is 2. The number of carbonyl (C=O) groups excluding carboxylic acids is 2. The van der Waals surface area contributed by atoms with Gasteiger partial charge in [0.15, 0.2) is 11.0 Å². The average Bonchev–Trinajstić information content (AvgIpc) is 3.38. The highest BCUT2D eigenvalue weighted by atomic mass is 32.2. The second-order valence-electron chi connectivity index (χ2n) is 8.10. The number of nitrogens with one attached hydrogen (secondary N) is 2. The van der Waals surface area contributed by atoms with Gasteiger partial charge in [0.05, 0.1) is 0 Å². The van der Waals surface area contributed by atoms with Crippen LogP contribution in [0.2, 0.25) is 0 Å². The summed E-state index contributed by atoms with van der Waals surface area (Å²) in [6.45, 7) is 0. The molecule has 0 aliphatic heterocycles. The summed E-state index contributed by atoms with van der Waals surface area (Å²) in [5.41, 5.74) is 3.54. The largest absolute Gasteiger partial charge is 0.431 e. The fraction of sp³-hybridized carbons (Fsp3) is 0.0333. The molecule has 0 saturated carbocycles. The molecule has 182 valence electrons. The van der Waals surface area contributed by atoms with Crippen LogP contribution in [0.5, 0.6) is 0 Å². The summed E-state index contributed by atoms with van der Waals surface area (Å²) in [4.78, 5) is 31.3. The van der Waals surface area contributed by atoms with E-state index >= 15 is 0 Å². The Morgan fingerprint density at radius 1 is 0.622 bits per heavy atom. The fourth-order valence-electron chi connectivity index (χ4n) is 3.71. The number of hydrogen-bond acceptors (Lipinski definition) is 5. The van der Waals surface area contributed by atoms with Crippen molar-refractivity contribution in [2.75, 3.05) is 10.6 Å². The zero-order chi connectivity index (χ0) is 25.5. The van der Waals surface area contributed by atoms with Crippen LogP contribution in [0, 0.1) is 0 Å². The van der Waals surface area contributed by atoms with Crippen molar-refractivity contribution in [3.8, 4) is 22.6 Å². The summed E-state index contributed by atoms with van der Waals surface area (Å²) in [7, 11) is 0. The average molecular weight is 506 g/mol. The van der Waals surface area contributed by atoms with Crippen molar-refractivity contribution in [2.45, 2.75) is 10.5 Å². The highest BCUT2D eigenvalue weighted by molar-refractivity contribution is 8.01. The lowest BCUT2D eigenvalue weighted by Gasteiger charge is -2.15. The van der Waals surface area contributed by atoms with Crippen LogP contribution in [0.4, 0.5) is 11.4 Å². The van der Waals surface area contributed by atoms with Gasteiger partial charge in [0, 0.05) is 22.5 Å². The molecule has 5 aromatic rings. The summed E-state index contributed by atoms with van der Waals surface area (Å²) in [5, 5.41) is 4.70. The van der Waals surface area contributed by atoms with E-state index in [0.717, 1.165) is 22.9 Å². The Bertz CT molecular complexity index is 1360. The maximum absolute atomic E-state index is 13.3. The number of benzene rings is 4. The lowest BCUT2D eigenvalue weighted by atomic mass is 10.1. The molecule has 37 heavy (non-hydrogen) atoms. The molecule has 2 N–H and O–H groups in total. The first-order valence-corrected chi connectivity index (χ1v) is 12.6. The molecule has 0 aliphatic rings. The molecule has 0 atom stereocenters. The Balaban J connectivity index is 1.49. The molecule has 5 rings (SSSR count). The van der Waals surface area contributed by atoms with E-state index in [4.69, 9.17) is 9.40 Å². The molecule has 7 heteroatoms. The smallest absolute Gasteiger partial charge is 0.258 e. The first-order chi connectivity index (χ1) is 18.2. The molecule has 0 aliphatic carbocycles. The summed E-state index contributed by atoms with van der Waals surface area (Å²) >= 11 is 0.966. The number of aromatic nitrogens is 1. The van der Waals surface area contributed by atoms with Crippen LogP contribution in [-0.4, -0.2) is 22.0 Å². The molecular formula is C30H23N3O3S. The normalized spacial score (nSPS) is 10.7. The Morgan fingerprint density at radius 2 is 1.05 bits per heavy atom. The number of para-hydroxylation sites is 2. The Kier molecular flexibility index (Phi) is 7.43. The van der Waals surface area contributed by atoms with Crippen LogP contribution in [0.15, 0.2) is 131 Å². The van der Waals surface area contributed by atoms with E-state index in [1.54, 1.807) is 24.3 Å². The molecule has 1 heterocycles. The summed E-state index contributed by atoms with van der Waals surface area (Å²) in [6.07, 6.45) is 0. The van der Waals surface area contributed by atoms with E-state index in [1.165, 1.54) is 0 Å². The number of nitrogens with zero attached hydrogens (tertiary/aromatic N) is 1. The van der Waals surface area contributed by atoms with E-state index in [9.17, 15) is 9.59 Å². The predicted molar refractivity (Wildman–Crippen MR) is 147 cm³/mol. The first kappa shape index (κ1) is 24.1. The van der Waals surface area contributed by atoms with E-state index in [-0.39, 0.29) is 5.22 Å². The third-order valence-electron chi connectivity index (χ3n) is 5.47. The minimum Gasteiger partial charge on any atom is -0.431 e. The van der Waals surface area contributed by atoms with E-state index in [0.29, 0.717) is 22.8 Å². The number of rotatable bonds is 8. The van der Waals surface area contributed by atoms with Gasteiger partial charge in [0.25, 0.3) is 5.22 Å². The lowest BCUT2D eigenvalue weighted by Crippen LogP contribution is -2.36. The molecule has 0 unspecified atom stereocenters. The monoisotopic (exact) mass is 505 g/mol. The molecule has 0 spiro atoms. The van der Waals surface area contributed by atoms with Crippen LogP contribution in [0.25, 0.3) is 22.6 Å². The van der Waals surface area contributed by atoms with Crippen LogP contribution in [0.3, 0.4) is 0 Å². The molecule has 0 fully saturated rings. The molecule has 2 amide bonds. The molecule has 4 aromatic carbocycles. The van der Waals surface area contributed by atoms with E-state index in [1.807, 2.05) is 97.1 Å². The van der Waals surface area contributed by atoms with Crippen molar-refractivity contribution in [3.63, 3.8) is 0 Å². The van der Waals surface area contributed by atoms with Crippen molar-refractivity contribution in [1.82, 2.24) is 4.98 Å². The van der Waals surface area contributed by atoms with Gasteiger partial charge >= 0.3 is 0 Å². The minimum absolute atomic E-state index is 0.217. The topological polar surface area (TPSA) is 84.2 Å². The van der Waals surface area contributed by atoms with Gasteiger partial charge in [0.1, 0.15) is 5.69 Å². The second-order valence-corrected chi connectivity index (χ2v) is 9.15. The Hall–Kier alpha value is -4.62. The second kappa shape index (κ2) is 11.4. The maximum Gasteiger partial charge on any atom is 0.258 e. The summed E-state index contributed by atoms with van der Waals surface area (Å²) in [6, 6.07) is 37.3. The van der Waals surface area contributed by atoms with Crippen molar-refractivity contribution in [2.24, 2.45) is 0 Å². The number of oxazole rings is 1. The maximum atomic E-state index is 13.3. The summed E-state index contributed by atoms with van der Waals surface area (Å²) < 4.78 is 6.18. The lowest BCUT2D eigenvalue weighted by molar-refractivity contribution is -0.123. The van der Waals surface area contributed by atoms with Crippen LogP contribution in [-0.2, 0) is 9.59 Å². The third-order valence-corrected chi connectivity index (χ3v) is 6.51. The van der Waals surface area contributed by atoms with Gasteiger partial charge in [-0.1, -0.05) is 97.1 Å². The molecule has 0 bridgehead atoms. The minimum atomic E-state index is -1.16. The number of thioether (sulfide) groups is 1. The predicted octanol–water partition coefficient (Wildman–Crippen LogP) is 6.75. The molecule has 6 nitrogen and oxygen atoms in total. The van der Waals surface area contributed by atoms with Gasteiger partial charge in [0.2, 0.25) is 11.8 Å². The highest BCUT2D eigenvalue weighted by Crippen LogP contribution is 2.37. The van der Waals surface area contributed by atoms with Gasteiger partial charge in [-0.3, -0.25) is 9.59 Å². The van der Waals surface area contributed by atoms with Crippen molar-refractivity contribution in [1.29, 1.82) is 0 Å². The van der Waals surface area contributed by atoms with Crippen LogP contribution in [0.1, 0.15) is 0 Å². The van der Waals surface area contributed by atoms with Gasteiger partial charge in [-0.05, 0) is 36.0 Å². The van der Waals surface area contributed by atoms with Crippen molar-refractivity contribution >= 4 is 35.0 Å². The summed E-state index contributed by atoms with van der Waals surface area (Å²) in [5.74, 6) is -0.393. The van der Waals surface area contributed by atoms with Crippen molar-refractivity contribution in [3.05, 3.63) is 121 Å². The number of anilines is 2. The quantitative estimate of drug-likeness (QED) is 0.180. The highest BCUT2D eigenvalue weighted by Gasteiger charge is 2.31. The molecule has 0 radical (unpaired) electrons. The van der Waals surface area contributed by atoms with E-state index in [2.05, 4.69) is 10.6 Å². The van der Waals surface area contributed by atoms with Crippen molar-refractivity contribution < 1.29 is 14.0 Å². The Labute approximate surface area is 218 Å². The third kappa shape index (κ3) is 5.97. The first-order valence-electron chi connectivity index (χ1n) is 11.7. The fourth-order valence-corrected chi connectivity index (χ4v) is 4.52. The number of hydrogen-bond donors (Lipinski definition) is 2. The molecule has 0 saturated heterocycles. The molecule has 1 aromatic heterocycles. The van der Waals surface area contributed by atoms with Gasteiger partial charge < -0.3 is 15.1 Å². The molecular weight excluding hydrogens is 482 g/mol. The van der Waals surface area contributed by atoms with Crippen LogP contribution >= 0.6 is 11.8 Å². The number of carbonyl (C=O) groups is 2. The SMILES string of the molecule is O=C(Nc1ccccc1)C(Sc1nc(-c2ccccc2)c(-c2ccccc2)o1)C(=O)Nc1ccccc1. The zero-order valence-electron chi connectivity index (χ0n) is 19.7. The standard InChI is InChI=1S/C30H23N3O3S/c34-28(31-23-17-9-3-10-18-23)27(29(35)32-24-19-11-4-12-20-24)37-30-33-25(21-13-5-1-6-14-21)26(36-30)22-15-7-2-8-16-22/h1-20,27H,(H,31,34)(H,32,35). The zero-order valence-corrected chi connectivity index (χ0v) is 20.5. The Morgan fingerprint density at radius 3 is 1.54 bits per heavy atom.